The van der Waals surface area contributed by atoms with E-state index in [0.717, 1.165) is 85.6 Å². The van der Waals surface area contributed by atoms with Crippen molar-refractivity contribution in [3.8, 4) is 11.5 Å². The van der Waals surface area contributed by atoms with E-state index in [1.807, 2.05) is 38.1 Å². The van der Waals surface area contributed by atoms with Crippen LogP contribution in [-0.4, -0.2) is 111 Å². The van der Waals surface area contributed by atoms with Gasteiger partial charge in [-0.15, -0.1) is 0 Å². The predicted molar refractivity (Wildman–Crippen MR) is 330 cm³/mol. The Balaban J connectivity index is 0.000000202. The number of nitrogens with two attached hydrogens (primary N) is 2. The van der Waals surface area contributed by atoms with Crippen molar-refractivity contribution in [1.82, 2.24) is 0 Å². The van der Waals surface area contributed by atoms with Crippen LogP contribution in [0.3, 0.4) is 0 Å². The molecule has 0 bridgehead atoms. The third kappa shape index (κ3) is 14.4. The average Bonchev–Trinajstić information content (AvgIpc) is 3.01. The van der Waals surface area contributed by atoms with Crippen LogP contribution in [0.25, 0.3) is 0 Å². The summed E-state index contributed by atoms with van der Waals surface area (Å²) >= 11 is 12.7. The lowest BCUT2D eigenvalue weighted by Gasteiger charge is -2.45. The van der Waals surface area contributed by atoms with Gasteiger partial charge in [0.1, 0.15) is 11.5 Å². The Kier molecular flexibility index (Phi) is 19.6. The molecule has 2 aliphatic heterocycles. The van der Waals surface area contributed by atoms with Crippen LogP contribution in [0.5, 0.6) is 11.5 Å². The summed E-state index contributed by atoms with van der Waals surface area (Å²) in [4.78, 5) is 28.4. The average molecular weight is 1230 g/mol. The summed E-state index contributed by atoms with van der Waals surface area (Å²) in [5.74, 6) is -0.212. The number of halogens is 2. The minimum atomic E-state index is -3.60. The second-order valence-electron chi connectivity index (χ2n) is 25.2. The summed E-state index contributed by atoms with van der Waals surface area (Å²) in [7, 11) is -7.19. The van der Waals surface area contributed by atoms with Crippen molar-refractivity contribution < 1.29 is 56.3 Å². The summed E-state index contributed by atoms with van der Waals surface area (Å²) in [5.41, 5.74) is 6.39. The lowest BCUT2D eigenvalue weighted by Crippen LogP contribution is -2.49. The van der Waals surface area contributed by atoms with Gasteiger partial charge >= 0.3 is 11.9 Å². The largest absolute Gasteiger partial charge is 0.490 e. The molecule has 4 aromatic carbocycles. The van der Waals surface area contributed by atoms with Crippen LogP contribution in [0.1, 0.15) is 135 Å². The SMILES string of the molecule is C[C@H](/C=C/C(O)[C@@H]1CC[C@H]1CN1C[C@@]2(CCCc3cc(Cl)ccc32)COc2ccc(C(=O)O)cc21)C[C@@H](C)S(N)(=O)=O.C[C@H](C[C@@H](C)/C=C/C(O)[C@@H]1CC[C@H]1CN1C[C@@]2(CCCc3cc(Cl)ccc32)COc2ccc(C(=O)O)cc21)S(N)(=O)=O. The fraction of sp³-hybridized carbons (Fsp3) is 0.531. The summed E-state index contributed by atoms with van der Waals surface area (Å²) in [6.07, 6.45) is 16.4. The Bertz CT molecular complexity index is 3140. The van der Waals surface area contributed by atoms with E-state index in [4.69, 9.17) is 43.0 Å². The standard InChI is InChI=1S/2C32H41ClN2O6S/c2*1-20(14-21(2)42(34,39)40)5-11-29(36)26-9-6-24(26)17-35-18-32(13-3-4-22-15-25(33)8-10-27(22)32)19-41-30-12-7-23(31(37)38)16-28(30)35/h2*5,7-8,10-12,15-16,20-21,24,26,29,36H,3-4,6,9,13-14,17-19H2,1-2H3,(H,37,38)(H2,34,39,40)/b2*11-5+/t20-,21+,24-,26+,29?,32-;20-,21-,24+,26-,29?,32+/m01/s1. The first-order valence-electron chi connectivity index (χ1n) is 29.6. The summed E-state index contributed by atoms with van der Waals surface area (Å²) in [5, 5.41) is 52.4. The van der Waals surface area contributed by atoms with Gasteiger partial charge in [0.05, 0.1) is 58.4 Å². The van der Waals surface area contributed by atoms with Crippen molar-refractivity contribution in [3.05, 3.63) is 141 Å². The molecule has 6 aliphatic rings. The molecular weight excluding hydrogens is 1150 g/mol. The molecule has 20 heteroatoms. The van der Waals surface area contributed by atoms with Crippen LogP contribution >= 0.6 is 23.2 Å². The van der Waals surface area contributed by atoms with Crippen molar-refractivity contribution >= 4 is 66.6 Å². The fourth-order valence-corrected chi connectivity index (χ4v) is 15.5. The van der Waals surface area contributed by atoms with E-state index >= 15 is 0 Å². The zero-order valence-electron chi connectivity index (χ0n) is 48.4. The van der Waals surface area contributed by atoms with Gasteiger partial charge in [0.15, 0.2) is 0 Å². The van der Waals surface area contributed by atoms with E-state index in [-0.39, 0.29) is 57.5 Å². The molecule has 84 heavy (non-hydrogen) atoms. The Morgan fingerprint density at radius 3 is 1.35 bits per heavy atom. The van der Waals surface area contributed by atoms with E-state index in [1.165, 1.54) is 22.3 Å². The molecule has 12 atom stereocenters. The maximum absolute atomic E-state index is 11.9. The number of aliphatic hydroxyl groups excluding tert-OH is 2. The number of aryl methyl sites for hydroxylation is 2. The predicted octanol–water partition coefficient (Wildman–Crippen LogP) is 10.3. The highest BCUT2D eigenvalue weighted by Gasteiger charge is 2.46. The molecule has 2 fully saturated rings. The number of aliphatic hydroxyl groups is 2. The third-order valence-electron chi connectivity index (χ3n) is 19.1. The second kappa shape index (κ2) is 26.0. The molecule has 10 rings (SSSR count). The molecule has 2 saturated carbocycles. The molecule has 2 spiro atoms. The summed E-state index contributed by atoms with van der Waals surface area (Å²) < 4.78 is 59.4. The van der Waals surface area contributed by atoms with E-state index in [2.05, 4.69) is 34.1 Å². The molecule has 16 nitrogen and oxygen atoms in total. The zero-order valence-corrected chi connectivity index (χ0v) is 51.6. The maximum atomic E-state index is 11.9. The number of allylic oxidation sites excluding steroid dienone is 2. The number of benzene rings is 4. The van der Waals surface area contributed by atoms with Crippen LogP contribution in [0.15, 0.2) is 97.1 Å². The molecule has 4 aromatic rings. The van der Waals surface area contributed by atoms with E-state index < -0.39 is 54.7 Å². The number of carboxylic acids is 2. The molecule has 4 aliphatic carbocycles. The highest BCUT2D eigenvalue weighted by Crippen LogP contribution is 2.49. The number of aromatic carboxylic acids is 2. The van der Waals surface area contributed by atoms with Gasteiger partial charge in [-0.1, -0.05) is 73.5 Å². The highest BCUT2D eigenvalue weighted by molar-refractivity contribution is 7.90. The number of sulfonamides is 2. The molecule has 2 heterocycles. The zero-order chi connectivity index (χ0) is 60.5. The van der Waals surface area contributed by atoms with E-state index in [0.29, 0.717) is 63.7 Å². The first-order valence-corrected chi connectivity index (χ1v) is 33.5. The molecular formula is C64H82Cl2N4O12S2. The lowest BCUT2D eigenvalue weighted by atomic mass is 9.68. The molecule has 0 saturated heterocycles. The Morgan fingerprint density at radius 2 is 1.00 bits per heavy atom. The topological polar surface area (TPSA) is 260 Å². The molecule has 0 aromatic heterocycles. The van der Waals surface area contributed by atoms with Crippen molar-refractivity contribution in [2.45, 2.75) is 138 Å². The number of fused-ring (bicyclic) bond motifs is 6. The number of hydrogen-bond donors (Lipinski definition) is 6. The van der Waals surface area contributed by atoms with Gasteiger partial charge in [0, 0.05) is 47.1 Å². The van der Waals surface area contributed by atoms with Gasteiger partial charge in [0.25, 0.3) is 0 Å². The molecule has 8 N–H and O–H groups in total. The summed E-state index contributed by atoms with van der Waals surface area (Å²) in [6, 6.07) is 22.3. The van der Waals surface area contributed by atoms with Crippen molar-refractivity contribution in [2.75, 3.05) is 49.2 Å². The van der Waals surface area contributed by atoms with Gasteiger partial charge in [-0.05, 0) is 209 Å². The van der Waals surface area contributed by atoms with Crippen LogP contribution in [0.2, 0.25) is 10.0 Å². The Hall–Kier alpha value is -5.18. The van der Waals surface area contributed by atoms with Crippen LogP contribution in [0, 0.1) is 35.5 Å². The van der Waals surface area contributed by atoms with Gasteiger partial charge in [-0.25, -0.2) is 36.7 Å². The second-order valence-corrected chi connectivity index (χ2v) is 30.0. The molecule has 456 valence electrons. The van der Waals surface area contributed by atoms with Crippen molar-refractivity contribution in [1.29, 1.82) is 0 Å². The quantitative estimate of drug-likeness (QED) is 0.0507. The number of carboxylic acid groups (broad SMARTS) is 2. The molecule has 2 unspecified atom stereocenters. The van der Waals surface area contributed by atoms with E-state index in [1.54, 1.807) is 62.4 Å². The normalized spacial score (nSPS) is 26.0. The van der Waals surface area contributed by atoms with Gasteiger partial charge in [0.2, 0.25) is 20.0 Å². The van der Waals surface area contributed by atoms with E-state index in [9.17, 15) is 46.9 Å². The summed E-state index contributed by atoms with van der Waals surface area (Å²) in [6.45, 7) is 10.7. The molecule has 0 radical (unpaired) electrons. The van der Waals surface area contributed by atoms with Crippen molar-refractivity contribution in [2.24, 2.45) is 45.8 Å². The number of anilines is 2. The van der Waals surface area contributed by atoms with Crippen molar-refractivity contribution in [3.63, 3.8) is 0 Å². The fourth-order valence-electron chi connectivity index (χ4n) is 14.0. The molecule has 0 amide bonds. The Morgan fingerprint density at radius 1 is 0.607 bits per heavy atom. The Labute approximate surface area is 505 Å². The maximum Gasteiger partial charge on any atom is 0.335 e. The minimum Gasteiger partial charge on any atom is -0.490 e. The smallest absolute Gasteiger partial charge is 0.335 e. The number of ether oxygens (including phenoxy) is 2. The first-order chi connectivity index (χ1) is 39.7. The number of rotatable bonds is 18. The third-order valence-corrected chi connectivity index (χ3v) is 22.2. The minimum absolute atomic E-state index is 0.0460. The number of carbonyl (C=O) groups is 2. The van der Waals surface area contributed by atoms with Crippen LogP contribution in [-0.2, 0) is 43.7 Å². The monoisotopic (exact) mass is 1230 g/mol. The van der Waals surface area contributed by atoms with Gasteiger partial charge in [-0.2, -0.15) is 0 Å². The van der Waals surface area contributed by atoms with Gasteiger partial charge in [-0.3, -0.25) is 0 Å². The van der Waals surface area contributed by atoms with Gasteiger partial charge < -0.3 is 39.7 Å². The van der Waals surface area contributed by atoms with Crippen LogP contribution < -0.4 is 29.6 Å². The number of nitrogens with zero attached hydrogens (tertiary/aromatic N) is 2. The van der Waals surface area contributed by atoms with Crippen LogP contribution in [0.4, 0.5) is 11.4 Å². The number of hydrogen-bond acceptors (Lipinski definition) is 12. The highest BCUT2D eigenvalue weighted by atomic mass is 35.5. The first kappa shape index (κ1) is 63.3. The number of primary sulfonamides is 2. The lowest BCUT2D eigenvalue weighted by molar-refractivity contribution is 0.0453.